The van der Waals surface area contributed by atoms with Crippen molar-refractivity contribution in [3.63, 3.8) is 0 Å². The third-order valence-corrected chi connectivity index (χ3v) is 5.66. The van der Waals surface area contributed by atoms with Crippen LogP contribution in [0.3, 0.4) is 0 Å². The first-order chi connectivity index (χ1) is 15.0. The number of aliphatic carboxylic acids is 1. The van der Waals surface area contributed by atoms with E-state index in [-0.39, 0.29) is 23.3 Å². The standard InChI is InChI=1S/C23H23F3N2O4/c1-13(2)8-20-21(29)28(18-7-6-15(23(24,25)26)9-19(18)32-20)17-5-3-4-16(10-17)27-11-14(12-27)22(30)31/h3-7,9-10,13-14,20H,8,11-12H2,1-2H3,(H,30,31). The van der Waals surface area contributed by atoms with Crippen molar-refractivity contribution in [3.8, 4) is 5.75 Å². The molecule has 0 spiro atoms. The van der Waals surface area contributed by atoms with Crippen LogP contribution in [0.1, 0.15) is 25.8 Å². The second-order valence-electron chi connectivity index (χ2n) is 8.55. The summed E-state index contributed by atoms with van der Waals surface area (Å²) in [5, 5.41) is 9.11. The number of anilines is 3. The molecule has 2 aromatic carbocycles. The summed E-state index contributed by atoms with van der Waals surface area (Å²) in [6.07, 6.45) is -5.08. The van der Waals surface area contributed by atoms with Gasteiger partial charge < -0.3 is 14.7 Å². The predicted octanol–water partition coefficient (Wildman–Crippen LogP) is 4.70. The fourth-order valence-corrected chi connectivity index (χ4v) is 3.95. The largest absolute Gasteiger partial charge is 0.481 e. The van der Waals surface area contributed by atoms with Crippen molar-refractivity contribution in [1.29, 1.82) is 0 Å². The second kappa shape index (κ2) is 8.03. The lowest BCUT2D eigenvalue weighted by atomic mass is 9.99. The molecule has 4 rings (SSSR count). The number of carbonyl (C=O) groups is 2. The number of benzene rings is 2. The lowest BCUT2D eigenvalue weighted by Crippen LogP contribution is -2.50. The van der Waals surface area contributed by atoms with Crippen LogP contribution in [0.5, 0.6) is 5.75 Å². The van der Waals surface area contributed by atoms with E-state index in [2.05, 4.69) is 0 Å². The van der Waals surface area contributed by atoms with Crippen molar-refractivity contribution in [2.24, 2.45) is 11.8 Å². The third kappa shape index (κ3) is 4.11. The summed E-state index contributed by atoms with van der Waals surface area (Å²) in [5.74, 6) is -1.55. The van der Waals surface area contributed by atoms with Gasteiger partial charge in [0.05, 0.1) is 22.9 Å². The Morgan fingerprint density at radius 2 is 1.84 bits per heavy atom. The van der Waals surface area contributed by atoms with Crippen LogP contribution in [0.4, 0.5) is 30.2 Å². The van der Waals surface area contributed by atoms with Crippen LogP contribution < -0.4 is 14.5 Å². The van der Waals surface area contributed by atoms with Gasteiger partial charge >= 0.3 is 12.1 Å². The Balaban J connectivity index is 1.72. The molecule has 2 aliphatic rings. The lowest BCUT2D eigenvalue weighted by molar-refractivity contribution is -0.142. The van der Waals surface area contributed by atoms with Gasteiger partial charge in [-0.15, -0.1) is 0 Å². The summed E-state index contributed by atoms with van der Waals surface area (Å²) in [5.41, 5.74) is 0.632. The number of carboxylic acids is 1. The van der Waals surface area contributed by atoms with E-state index < -0.39 is 29.7 Å². The molecule has 1 fully saturated rings. The zero-order chi connectivity index (χ0) is 23.2. The maximum absolute atomic E-state index is 13.3. The highest BCUT2D eigenvalue weighted by Gasteiger charge is 2.39. The number of nitrogens with zero attached hydrogens (tertiary/aromatic N) is 2. The Morgan fingerprint density at radius 3 is 2.47 bits per heavy atom. The minimum Gasteiger partial charge on any atom is -0.481 e. The number of carbonyl (C=O) groups excluding carboxylic acids is 1. The molecule has 1 amide bonds. The molecule has 1 N–H and O–H groups in total. The molecule has 0 bridgehead atoms. The summed E-state index contributed by atoms with van der Waals surface area (Å²) < 4.78 is 45.5. The normalized spacial score (nSPS) is 18.9. The fraction of sp³-hybridized carbons (Fsp3) is 0.391. The van der Waals surface area contributed by atoms with Gasteiger partial charge in [-0.3, -0.25) is 14.5 Å². The quantitative estimate of drug-likeness (QED) is 0.718. The summed E-state index contributed by atoms with van der Waals surface area (Å²) >= 11 is 0. The Bertz CT molecular complexity index is 1050. The van der Waals surface area contributed by atoms with Crippen LogP contribution in [0.15, 0.2) is 42.5 Å². The van der Waals surface area contributed by atoms with Crippen molar-refractivity contribution in [2.75, 3.05) is 22.9 Å². The number of amides is 1. The van der Waals surface area contributed by atoms with Gasteiger partial charge in [-0.25, -0.2) is 0 Å². The van der Waals surface area contributed by atoms with Gasteiger partial charge in [0, 0.05) is 18.8 Å². The van der Waals surface area contributed by atoms with Gasteiger partial charge in [0.25, 0.3) is 5.91 Å². The van der Waals surface area contributed by atoms with E-state index >= 15 is 0 Å². The van der Waals surface area contributed by atoms with Crippen LogP contribution >= 0.6 is 0 Å². The van der Waals surface area contributed by atoms with Crippen LogP contribution in [0.2, 0.25) is 0 Å². The minimum absolute atomic E-state index is 0.00497. The highest BCUT2D eigenvalue weighted by Crippen LogP contribution is 2.44. The summed E-state index contributed by atoms with van der Waals surface area (Å²) in [7, 11) is 0. The molecule has 1 atom stereocenters. The van der Waals surface area contributed by atoms with E-state index in [1.807, 2.05) is 24.8 Å². The number of halogens is 3. The fourth-order valence-electron chi connectivity index (χ4n) is 3.95. The number of fused-ring (bicyclic) bond motifs is 1. The van der Waals surface area contributed by atoms with E-state index in [0.717, 1.165) is 17.8 Å². The smallest absolute Gasteiger partial charge is 0.416 e. The van der Waals surface area contributed by atoms with E-state index in [1.165, 1.54) is 11.0 Å². The van der Waals surface area contributed by atoms with Crippen LogP contribution in [-0.2, 0) is 15.8 Å². The van der Waals surface area contributed by atoms with Gasteiger partial charge in [0.15, 0.2) is 6.10 Å². The molecule has 1 saturated heterocycles. The molecule has 32 heavy (non-hydrogen) atoms. The number of rotatable bonds is 5. The van der Waals surface area contributed by atoms with Crippen LogP contribution in [0.25, 0.3) is 0 Å². The number of ether oxygens (including phenoxy) is 1. The highest BCUT2D eigenvalue weighted by molar-refractivity contribution is 6.06. The van der Waals surface area contributed by atoms with Crippen molar-refractivity contribution in [2.45, 2.75) is 32.5 Å². The topological polar surface area (TPSA) is 70.1 Å². The van der Waals surface area contributed by atoms with Crippen molar-refractivity contribution in [1.82, 2.24) is 0 Å². The first kappa shape index (κ1) is 22.0. The zero-order valence-electron chi connectivity index (χ0n) is 17.6. The van der Waals surface area contributed by atoms with Crippen LogP contribution in [-0.4, -0.2) is 36.2 Å². The van der Waals surface area contributed by atoms with Gasteiger partial charge in [0.1, 0.15) is 5.75 Å². The molecule has 0 aromatic heterocycles. The van der Waals surface area contributed by atoms with Gasteiger partial charge in [-0.05, 0) is 48.7 Å². The van der Waals surface area contributed by atoms with E-state index in [9.17, 15) is 22.8 Å². The Kier molecular flexibility index (Phi) is 5.52. The van der Waals surface area contributed by atoms with Gasteiger partial charge in [-0.2, -0.15) is 13.2 Å². The first-order valence-electron chi connectivity index (χ1n) is 10.3. The Hall–Kier alpha value is -3.23. The van der Waals surface area contributed by atoms with E-state index in [0.29, 0.717) is 25.2 Å². The van der Waals surface area contributed by atoms with E-state index in [4.69, 9.17) is 9.84 Å². The van der Waals surface area contributed by atoms with Gasteiger partial charge in [-0.1, -0.05) is 19.9 Å². The molecule has 2 aliphatic heterocycles. The molecular formula is C23H23F3N2O4. The van der Waals surface area contributed by atoms with E-state index in [1.54, 1.807) is 18.2 Å². The zero-order valence-corrected chi connectivity index (χ0v) is 17.6. The second-order valence-corrected chi connectivity index (χ2v) is 8.55. The Labute approximate surface area is 183 Å². The maximum Gasteiger partial charge on any atom is 0.416 e. The monoisotopic (exact) mass is 448 g/mol. The summed E-state index contributed by atoms with van der Waals surface area (Å²) in [6.45, 7) is 4.53. The number of carboxylic acid groups (broad SMARTS) is 1. The maximum atomic E-state index is 13.3. The minimum atomic E-state index is -4.53. The van der Waals surface area contributed by atoms with Crippen molar-refractivity contribution in [3.05, 3.63) is 48.0 Å². The van der Waals surface area contributed by atoms with Crippen molar-refractivity contribution < 1.29 is 32.6 Å². The van der Waals surface area contributed by atoms with Crippen LogP contribution in [0, 0.1) is 11.8 Å². The first-order valence-corrected chi connectivity index (χ1v) is 10.3. The highest BCUT2D eigenvalue weighted by atomic mass is 19.4. The molecule has 0 saturated carbocycles. The molecular weight excluding hydrogens is 425 g/mol. The molecule has 170 valence electrons. The summed E-state index contributed by atoms with van der Waals surface area (Å²) in [4.78, 5) is 27.7. The molecule has 0 radical (unpaired) electrons. The molecule has 2 heterocycles. The molecule has 9 heteroatoms. The number of hydrogen-bond acceptors (Lipinski definition) is 4. The third-order valence-electron chi connectivity index (χ3n) is 5.66. The predicted molar refractivity (Wildman–Crippen MR) is 112 cm³/mol. The molecule has 2 aromatic rings. The van der Waals surface area contributed by atoms with Crippen molar-refractivity contribution >= 4 is 28.9 Å². The Morgan fingerprint density at radius 1 is 1.16 bits per heavy atom. The molecule has 0 aliphatic carbocycles. The lowest BCUT2D eigenvalue weighted by Gasteiger charge is -2.39. The number of hydrogen-bond donors (Lipinski definition) is 1. The average Bonchev–Trinajstić information content (AvgIpc) is 2.66. The van der Waals surface area contributed by atoms with Gasteiger partial charge in [0.2, 0.25) is 0 Å². The SMILES string of the molecule is CC(C)CC1Oc2cc(C(F)(F)F)ccc2N(c2cccc(N3CC(C(=O)O)C3)c2)C1=O. The average molecular weight is 448 g/mol. The number of alkyl halides is 3. The summed E-state index contributed by atoms with van der Waals surface area (Å²) in [6, 6.07) is 10.1. The molecule has 6 nitrogen and oxygen atoms in total. The molecule has 1 unspecified atom stereocenters.